The Morgan fingerprint density at radius 3 is 2.35 bits per heavy atom. The molecule has 0 saturated carbocycles. The largest absolute Gasteiger partial charge is 0.313 e. The summed E-state index contributed by atoms with van der Waals surface area (Å²) in [6.07, 6.45) is 0. The molecule has 6 heteroatoms. The van der Waals surface area contributed by atoms with Crippen LogP contribution in [0.25, 0.3) is 0 Å². The molecular formula is C11H16N2O3S. The van der Waals surface area contributed by atoms with Gasteiger partial charge in [-0.15, -0.1) is 0 Å². The number of sulfonamides is 1. The van der Waals surface area contributed by atoms with Gasteiger partial charge in [0.2, 0.25) is 15.9 Å². The van der Waals surface area contributed by atoms with Crippen molar-refractivity contribution in [3.8, 4) is 0 Å². The number of anilines is 1. The van der Waals surface area contributed by atoms with Gasteiger partial charge in [-0.25, -0.2) is 13.6 Å². The van der Waals surface area contributed by atoms with E-state index in [9.17, 15) is 13.2 Å². The molecule has 1 aromatic carbocycles. The molecule has 0 radical (unpaired) electrons. The third-order valence-corrected chi connectivity index (χ3v) is 3.54. The molecule has 0 spiro atoms. The fourth-order valence-corrected chi connectivity index (χ4v) is 2.47. The van der Waals surface area contributed by atoms with Gasteiger partial charge in [-0.2, -0.15) is 0 Å². The van der Waals surface area contributed by atoms with E-state index in [1.807, 2.05) is 6.92 Å². The second-order valence-electron chi connectivity index (χ2n) is 3.76. The minimum Gasteiger partial charge on any atom is -0.313 e. The highest BCUT2D eigenvalue weighted by molar-refractivity contribution is 7.89. The van der Waals surface area contributed by atoms with E-state index in [-0.39, 0.29) is 10.8 Å². The number of benzene rings is 1. The number of nitrogens with two attached hydrogens (primary N) is 1. The van der Waals surface area contributed by atoms with E-state index in [1.165, 1.54) is 13.0 Å². The Balaban J connectivity index is 3.26. The number of amides is 1. The Morgan fingerprint density at radius 1 is 1.41 bits per heavy atom. The van der Waals surface area contributed by atoms with Crippen molar-refractivity contribution in [2.45, 2.75) is 25.7 Å². The van der Waals surface area contributed by atoms with Gasteiger partial charge in [0, 0.05) is 19.2 Å². The van der Waals surface area contributed by atoms with Crippen LogP contribution in [0, 0.1) is 6.92 Å². The average Bonchev–Trinajstić information content (AvgIpc) is 2.15. The first-order chi connectivity index (χ1) is 7.77. The maximum atomic E-state index is 11.4. The summed E-state index contributed by atoms with van der Waals surface area (Å²) in [6, 6.07) is 4.65. The van der Waals surface area contributed by atoms with Gasteiger partial charge in [0.15, 0.2) is 0 Å². The Bertz CT molecular complexity index is 538. The molecule has 0 atom stereocenters. The molecule has 2 N–H and O–H groups in total. The van der Waals surface area contributed by atoms with Crippen molar-refractivity contribution in [3.63, 3.8) is 0 Å². The van der Waals surface area contributed by atoms with Crippen LogP contribution in [0.1, 0.15) is 19.4 Å². The molecule has 1 rings (SSSR count). The van der Waals surface area contributed by atoms with Crippen LogP contribution in [0.5, 0.6) is 0 Å². The lowest BCUT2D eigenvalue weighted by atomic mass is 10.2. The van der Waals surface area contributed by atoms with E-state index in [4.69, 9.17) is 5.14 Å². The third-order valence-electron chi connectivity index (χ3n) is 2.47. The summed E-state index contributed by atoms with van der Waals surface area (Å²) >= 11 is 0. The standard InChI is InChI=1S/C11H16N2O3S/c1-4-13(9(3)14)10-5-6-11(8(2)7-10)17(12,15)16/h5-7H,4H2,1-3H3,(H2,12,15,16). The fraction of sp³-hybridized carbons (Fsp3) is 0.364. The first-order valence-electron chi connectivity index (χ1n) is 5.19. The number of hydrogen-bond acceptors (Lipinski definition) is 3. The SMILES string of the molecule is CCN(C(C)=O)c1ccc(S(N)(=O)=O)c(C)c1. The van der Waals surface area contributed by atoms with Crippen LogP contribution in [-0.4, -0.2) is 20.9 Å². The topological polar surface area (TPSA) is 80.5 Å². The minimum atomic E-state index is -3.71. The van der Waals surface area contributed by atoms with Crippen molar-refractivity contribution >= 4 is 21.6 Å². The minimum absolute atomic E-state index is 0.0841. The quantitative estimate of drug-likeness (QED) is 0.876. The lowest BCUT2D eigenvalue weighted by Crippen LogP contribution is -2.28. The molecule has 0 saturated heterocycles. The summed E-state index contributed by atoms with van der Waals surface area (Å²) in [6.45, 7) is 5.50. The molecule has 0 unspecified atom stereocenters. The predicted octanol–water partition coefficient (Wildman–Crippen LogP) is 1.02. The normalized spacial score (nSPS) is 11.3. The zero-order valence-corrected chi connectivity index (χ0v) is 10.9. The molecule has 5 nitrogen and oxygen atoms in total. The van der Waals surface area contributed by atoms with Crippen LogP contribution in [0.2, 0.25) is 0 Å². The third kappa shape index (κ3) is 3.04. The zero-order valence-electron chi connectivity index (χ0n) is 10.1. The van der Waals surface area contributed by atoms with Crippen molar-refractivity contribution in [2.24, 2.45) is 5.14 Å². The first-order valence-corrected chi connectivity index (χ1v) is 6.73. The van der Waals surface area contributed by atoms with E-state index >= 15 is 0 Å². The van der Waals surface area contributed by atoms with Gasteiger partial charge in [-0.3, -0.25) is 4.79 Å². The van der Waals surface area contributed by atoms with Crippen molar-refractivity contribution < 1.29 is 13.2 Å². The summed E-state index contributed by atoms with van der Waals surface area (Å²) in [5.41, 5.74) is 1.20. The molecule has 1 aromatic rings. The second kappa shape index (κ2) is 4.85. The number of primary sulfonamides is 1. The van der Waals surface area contributed by atoms with Crippen molar-refractivity contribution in [2.75, 3.05) is 11.4 Å². The summed E-state index contributed by atoms with van der Waals surface area (Å²) < 4.78 is 22.5. The van der Waals surface area contributed by atoms with E-state index < -0.39 is 10.0 Å². The monoisotopic (exact) mass is 256 g/mol. The summed E-state index contributed by atoms with van der Waals surface area (Å²) in [4.78, 5) is 13.0. The van der Waals surface area contributed by atoms with Crippen LogP contribution in [0.3, 0.4) is 0 Å². The number of carbonyl (C=O) groups is 1. The predicted molar refractivity (Wildman–Crippen MR) is 66.3 cm³/mol. The molecular weight excluding hydrogens is 240 g/mol. The molecule has 0 aliphatic heterocycles. The molecule has 94 valence electrons. The number of rotatable bonds is 3. The van der Waals surface area contributed by atoms with Gasteiger partial charge >= 0.3 is 0 Å². The van der Waals surface area contributed by atoms with Gasteiger partial charge in [-0.05, 0) is 37.6 Å². The number of nitrogens with zero attached hydrogens (tertiary/aromatic N) is 1. The molecule has 0 fully saturated rings. The smallest absolute Gasteiger partial charge is 0.238 e. The summed E-state index contributed by atoms with van der Waals surface area (Å²) in [7, 11) is -3.71. The Labute approximate surface area is 101 Å². The number of carbonyl (C=O) groups excluding carboxylic acids is 1. The Hall–Kier alpha value is -1.40. The highest BCUT2D eigenvalue weighted by atomic mass is 32.2. The van der Waals surface area contributed by atoms with Gasteiger partial charge in [0.25, 0.3) is 0 Å². The Morgan fingerprint density at radius 2 is 2.00 bits per heavy atom. The van der Waals surface area contributed by atoms with Crippen LogP contribution >= 0.6 is 0 Å². The maximum absolute atomic E-state index is 11.4. The lowest BCUT2D eigenvalue weighted by Gasteiger charge is -2.20. The van der Waals surface area contributed by atoms with Crippen LogP contribution < -0.4 is 10.0 Å². The lowest BCUT2D eigenvalue weighted by molar-refractivity contribution is -0.116. The number of aryl methyl sites for hydroxylation is 1. The molecule has 0 bridgehead atoms. The summed E-state index contributed by atoms with van der Waals surface area (Å²) in [5, 5.41) is 5.07. The maximum Gasteiger partial charge on any atom is 0.238 e. The van der Waals surface area contributed by atoms with Gasteiger partial charge < -0.3 is 4.90 Å². The van der Waals surface area contributed by atoms with Gasteiger partial charge in [0.1, 0.15) is 0 Å². The molecule has 17 heavy (non-hydrogen) atoms. The molecule has 0 aliphatic rings. The molecule has 0 aliphatic carbocycles. The van der Waals surface area contributed by atoms with Crippen LogP contribution in [0.4, 0.5) is 5.69 Å². The average molecular weight is 256 g/mol. The molecule has 0 heterocycles. The van der Waals surface area contributed by atoms with Crippen LogP contribution in [0.15, 0.2) is 23.1 Å². The van der Waals surface area contributed by atoms with Crippen molar-refractivity contribution in [3.05, 3.63) is 23.8 Å². The first kappa shape index (κ1) is 13.7. The summed E-state index contributed by atoms with van der Waals surface area (Å²) in [5.74, 6) is -0.0877. The van der Waals surface area contributed by atoms with Gasteiger partial charge in [0.05, 0.1) is 4.90 Å². The van der Waals surface area contributed by atoms with E-state index in [2.05, 4.69) is 0 Å². The zero-order chi connectivity index (χ0) is 13.2. The van der Waals surface area contributed by atoms with E-state index in [1.54, 1.807) is 24.0 Å². The van der Waals surface area contributed by atoms with E-state index in [0.717, 1.165) is 0 Å². The van der Waals surface area contributed by atoms with Crippen LogP contribution in [-0.2, 0) is 14.8 Å². The van der Waals surface area contributed by atoms with Crippen molar-refractivity contribution in [1.29, 1.82) is 0 Å². The second-order valence-corrected chi connectivity index (χ2v) is 5.29. The Kier molecular flexibility index (Phi) is 3.90. The molecule has 0 aromatic heterocycles. The fourth-order valence-electron chi connectivity index (χ4n) is 1.71. The highest BCUT2D eigenvalue weighted by Gasteiger charge is 2.14. The highest BCUT2D eigenvalue weighted by Crippen LogP contribution is 2.21. The van der Waals surface area contributed by atoms with Crippen molar-refractivity contribution in [1.82, 2.24) is 0 Å². The van der Waals surface area contributed by atoms with Gasteiger partial charge in [-0.1, -0.05) is 0 Å². The van der Waals surface area contributed by atoms with E-state index in [0.29, 0.717) is 17.8 Å². The molecule has 1 amide bonds. The number of hydrogen-bond donors (Lipinski definition) is 1.